The number of non-ortho nitro benzene ring substituents is 1. The molecule has 0 spiro atoms. The smallest absolute Gasteiger partial charge is 0.309 e. The van der Waals surface area contributed by atoms with Crippen LogP contribution in [0, 0.1) is 15.5 Å². The van der Waals surface area contributed by atoms with Crippen molar-refractivity contribution in [1.82, 2.24) is 0 Å². The molecule has 0 amide bonds. The van der Waals surface area contributed by atoms with Gasteiger partial charge in [-0.2, -0.15) is 0 Å². The highest BCUT2D eigenvalue weighted by Crippen LogP contribution is 2.49. The second kappa shape index (κ2) is 4.10. The molecule has 1 aliphatic rings. The van der Waals surface area contributed by atoms with Crippen LogP contribution in [0.4, 0.5) is 5.69 Å². The summed E-state index contributed by atoms with van der Waals surface area (Å²) in [5.74, 6) is -0.789. The molecule has 90 valence electrons. The van der Waals surface area contributed by atoms with E-state index in [1.807, 2.05) is 0 Å². The third kappa shape index (κ3) is 2.31. The Balaban J connectivity index is 2.23. The molecule has 0 heterocycles. The Kier molecular flexibility index (Phi) is 2.91. The Labute approximate surface area is 106 Å². The number of benzene rings is 1. The van der Waals surface area contributed by atoms with Crippen molar-refractivity contribution in [2.75, 3.05) is 0 Å². The van der Waals surface area contributed by atoms with Gasteiger partial charge in [-0.05, 0) is 24.8 Å². The number of nitro groups is 1. The average molecular weight is 300 g/mol. The highest BCUT2D eigenvalue weighted by molar-refractivity contribution is 9.10. The quantitative estimate of drug-likeness (QED) is 0.685. The first-order chi connectivity index (χ1) is 7.94. The zero-order valence-electron chi connectivity index (χ0n) is 8.85. The number of hydrogen-bond acceptors (Lipinski definition) is 3. The molecule has 6 heteroatoms. The fourth-order valence-corrected chi connectivity index (χ4v) is 2.28. The first kappa shape index (κ1) is 12.0. The Morgan fingerprint density at radius 1 is 1.53 bits per heavy atom. The number of carboxylic acid groups (broad SMARTS) is 1. The Bertz CT molecular complexity index is 496. The summed E-state index contributed by atoms with van der Waals surface area (Å²) in [5.41, 5.74) is 0.148. The SMILES string of the molecule is O=C(O)C1(Cc2ccc([N+](=O)[O-])cc2Br)CC1. The van der Waals surface area contributed by atoms with Crippen LogP contribution in [0.15, 0.2) is 22.7 Å². The average Bonchev–Trinajstić information content (AvgIpc) is 3.02. The van der Waals surface area contributed by atoms with Gasteiger partial charge in [-0.3, -0.25) is 14.9 Å². The van der Waals surface area contributed by atoms with Crippen LogP contribution in [0.2, 0.25) is 0 Å². The standard InChI is InChI=1S/C11H10BrNO4/c12-9-5-8(13(16)17)2-1-7(9)6-11(3-4-11)10(14)15/h1-2,5H,3-4,6H2,(H,14,15). The van der Waals surface area contributed by atoms with Gasteiger partial charge in [0.1, 0.15) is 0 Å². The van der Waals surface area contributed by atoms with Crippen LogP contribution in [0.5, 0.6) is 0 Å². The van der Waals surface area contributed by atoms with E-state index in [4.69, 9.17) is 5.11 Å². The number of nitro benzene ring substituents is 1. The van der Waals surface area contributed by atoms with Crippen molar-refractivity contribution in [3.05, 3.63) is 38.3 Å². The summed E-state index contributed by atoms with van der Waals surface area (Å²) in [6.07, 6.45) is 1.76. The molecule has 1 aromatic rings. The van der Waals surface area contributed by atoms with Gasteiger partial charge in [0.15, 0.2) is 0 Å². The van der Waals surface area contributed by atoms with Gasteiger partial charge in [0.05, 0.1) is 10.3 Å². The van der Waals surface area contributed by atoms with Gasteiger partial charge in [0.2, 0.25) is 0 Å². The van der Waals surface area contributed by atoms with Gasteiger partial charge in [-0.25, -0.2) is 0 Å². The van der Waals surface area contributed by atoms with E-state index in [1.165, 1.54) is 12.1 Å². The molecule has 1 N–H and O–H groups in total. The molecular weight excluding hydrogens is 290 g/mol. The molecular formula is C11H10BrNO4. The summed E-state index contributed by atoms with van der Waals surface area (Å²) < 4.78 is 0.597. The minimum Gasteiger partial charge on any atom is -0.481 e. The number of hydrogen-bond donors (Lipinski definition) is 1. The fourth-order valence-electron chi connectivity index (χ4n) is 1.77. The maximum absolute atomic E-state index is 11.1. The van der Waals surface area contributed by atoms with Crippen molar-refractivity contribution in [3.63, 3.8) is 0 Å². The second-order valence-corrected chi connectivity index (χ2v) is 5.15. The lowest BCUT2D eigenvalue weighted by Gasteiger charge is -2.10. The Hall–Kier alpha value is -1.43. The molecule has 0 radical (unpaired) electrons. The van der Waals surface area contributed by atoms with Crippen LogP contribution in [-0.2, 0) is 11.2 Å². The van der Waals surface area contributed by atoms with Gasteiger partial charge < -0.3 is 5.11 Å². The molecule has 0 aliphatic heterocycles. The zero-order valence-corrected chi connectivity index (χ0v) is 10.4. The maximum atomic E-state index is 11.1. The van der Waals surface area contributed by atoms with Gasteiger partial charge in [0.25, 0.3) is 5.69 Å². The number of rotatable bonds is 4. The number of halogens is 1. The molecule has 17 heavy (non-hydrogen) atoms. The summed E-state index contributed by atoms with van der Waals surface area (Å²) in [7, 11) is 0. The predicted octanol–water partition coefficient (Wildman–Crippen LogP) is 2.76. The molecule has 0 aromatic heterocycles. The normalized spacial score (nSPS) is 16.5. The number of aliphatic carboxylic acids is 1. The minimum absolute atomic E-state index is 0.000738. The van der Waals surface area contributed by atoms with Crippen molar-refractivity contribution in [2.45, 2.75) is 19.3 Å². The van der Waals surface area contributed by atoms with Gasteiger partial charge in [-0.1, -0.05) is 22.0 Å². The molecule has 1 aliphatic carbocycles. The van der Waals surface area contributed by atoms with E-state index in [-0.39, 0.29) is 5.69 Å². The molecule has 0 atom stereocenters. The molecule has 1 aromatic carbocycles. The third-order valence-corrected chi connectivity index (χ3v) is 3.82. The van der Waals surface area contributed by atoms with Crippen molar-refractivity contribution >= 4 is 27.6 Å². The largest absolute Gasteiger partial charge is 0.481 e. The van der Waals surface area contributed by atoms with Gasteiger partial charge in [-0.15, -0.1) is 0 Å². The van der Waals surface area contributed by atoms with E-state index < -0.39 is 16.3 Å². The second-order valence-electron chi connectivity index (χ2n) is 4.30. The monoisotopic (exact) mass is 299 g/mol. The number of nitrogens with zero attached hydrogens (tertiary/aromatic N) is 1. The van der Waals surface area contributed by atoms with E-state index in [1.54, 1.807) is 6.07 Å². The lowest BCUT2D eigenvalue weighted by Crippen LogP contribution is -2.17. The van der Waals surface area contributed by atoms with E-state index in [2.05, 4.69) is 15.9 Å². The fraction of sp³-hybridized carbons (Fsp3) is 0.364. The van der Waals surface area contributed by atoms with Crippen molar-refractivity contribution in [2.24, 2.45) is 5.41 Å². The molecule has 0 unspecified atom stereocenters. The lowest BCUT2D eigenvalue weighted by atomic mass is 9.96. The molecule has 2 rings (SSSR count). The van der Waals surface area contributed by atoms with Crippen LogP contribution in [0.25, 0.3) is 0 Å². The predicted molar refractivity (Wildman–Crippen MR) is 63.8 cm³/mol. The highest BCUT2D eigenvalue weighted by Gasteiger charge is 2.50. The van der Waals surface area contributed by atoms with Crippen molar-refractivity contribution < 1.29 is 14.8 Å². The van der Waals surface area contributed by atoms with E-state index in [0.717, 1.165) is 5.56 Å². The minimum atomic E-state index is -0.789. The van der Waals surface area contributed by atoms with Crippen LogP contribution >= 0.6 is 15.9 Å². The first-order valence-electron chi connectivity index (χ1n) is 5.11. The van der Waals surface area contributed by atoms with Crippen LogP contribution in [0.3, 0.4) is 0 Å². The molecule has 1 fully saturated rings. The zero-order chi connectivity index (χ0) is 12.6. The van der Waals surface area contributed by atoms with Crippen LogP contribution < -0.4 is 0 Å². The van der Waals surface area contributed by atoms with E-state index >= 15 is 0 Å². The van der Waals surface area contributed by atoms with E-state index in [0.29, 0.717) is 23.7 Å². The number of carboxylic acids is 1. The molecule has 0 bridgehead atoms. The summed E-state index contributed by atoms with van der Waals surface area (Å²) in [6.45, 7) is 0. The van der Waals surface area contributed by atoms with Crippen molar-refractivity contribution in [1.29, 1.82) is 0 Å². The van der Waals surface area contributed by atoms with Crippen LogP contribution in [0.1, 0.15) is 18.4 Å². The third-order valence-electron chi connectivity index (χ3n) is 3.08. The first-order valence-corrected chi connectivity index (χ1v) is 5.90. The summed E-state index contributed by atoms with van der Waals surface area (Å²) >= 11 is 3.25. The summed E-state index contributed by atoms with van der Waals surface area (Å²) in [4.78, 5) is 21.1. The van der Waals surface area contributed by atoms with Gasteiger partial charge >= 0.3 is 5.97 Å². The highest BCUT2D eigenvalue weighted by atomic mass is 79.9. The topological polar surface area (TPSA) is 80.4 Å². The lowest BCUT2D eigenvalue weighted by molar-refractivity contribution is -0.384. The number of carbonyl (C=O) groups is 1. The maximum Gasteiger partial charge on any atom is 0.309 e. The van der Waals surface area contributed by atoms with Gasteiger partial charge in [0, 0.05) is 16.6 Å². The Morgan fingerprint density at radius 3 is 2.59 bits per heavy atom. The van der Waals surface area contributed by atoms with E-state index in [9.17, 15) is 14.9 Å². The van der Waals surface area contributed by atoms with Crippen LogP contribution in [-0.4, -0.2) is 16.0 Å². The summed E-state index contributed by atoms with van der Waals surface area (Å²) in [6, 6.07) is 4.43. The summed E-state index contributed by atoms with van der Waals surface area (Å²) in [5, 5.41) is 19.6. The molecule has 0 saturated heterocycles. The van der Waals surface area contributed by atoms with Crippen molar-refractivity contribution in [3.8, 4) is 0 Å². The molecule has 1 saturated carbocycles. The molecule has 5 nitrogen and oxygen atoms in total. The Morgan fingerprint density at radius 2 is 2.18 bits per heavy atom.